The molecular weight excluding hydrogens is 406 g/mol. The van der Waals surface area contributed by atoms with E-state index in [1.165, 1.54) is 0 Å². The maximum Gasteiger partial charge on any atom is 0.404 e. The summed E-state index contributed by atoms with van der Waals surface area (Å²) in [6.45, 7) is 2.64. The summed E-state index contributed by atoms with van der Waals surface area (Å²) in [6.07, 6.45) is 2.14. The topological polar surface area (TPSA) is 131 Å². The van der Waals surface area contributed by atoms with Crippen molar-refractivity contribution in [3.8, 4) is 0 Å². The van der Waals surface area contributed by atoms with Crippen LogP contribution in [0, 0.1) is 11.8 Å². The first-order valence-electron chi connectivity index (χ1n) is 11.0. The first kappa shape index (κ1) is 20.9. The summed E-state index contributed by atoms with van der Waals surface area (Å²) in [7, 11) is 1.88. The predicted octanol–water partition coefficient (Wildman–Crippen LogP) is -0.256. The van der Waals surface area contributed by atoms with Crippen LogP contribution in [0.5, 0.6) is 0 Å². The first-order chi connectivity index (χ1) is 14.8. The molecule has 0 aromatic heterocycles. The molecule has 5 aliphatic rings. The minimum absolute atomic E-state index is 0.0754. The van der Waals surface area contributed by atoms with Gasteiger partial charge in [-0.25, -0.2) is 4.79 Å². The van der Waals surface area contributed by atoms with Crippen molar-refractivity contribution in [2.45, 2.75) is 56.2 Å². The first-order valence-corrected chi connectivity index (χ1v) is 11.0. The third kappa shape index (κ3) is 2.62. The van der Waals surface area contributed by atoms with Crippen molar-refractivity contribution in [2.24, 2.45) is 17.6 Å². The highest BCUT2D eigenvalue weighted by atomic mass is 16.7. The summed E-state index contributed by atoms with van der Waals surface area (Å²) in [5.41, 5.74) is 4.02. The van der Waals surface area contributed by atoms with E-state index in [1.54, 1.807) is 4.90 Å². The minimum atomic E-state index is -1.67. The van der Waals surface area contributed by atoms with E-state index >= 15 is 0 Å². The molecule has 170 valence electrons. The number of ether oxygens (including phenoxy) is 3. The fourth-order valence-electron chi connectivity index (χ4n) is 6.16. The summed E-state index contributed by atoms with van der Waals surface area (Å²) in [5, 5.41) is 11.8. The number of carbonyl (C=O) groups excluding carboxylic acids is 3. The predicted molar refractivity (Wildman–Crippen MR) is 105 cm³/mol. The van der Waals surface area contributed by atoms with Gasteiger partial charge in [0, 0.05) is 18.2 Å². The van der Waals surface area contributed by atoms with Gasteiger partial charge in [-0.15, -0.1) is 0 Å². The number of likely N-dealkylation sites (N-methyl/N-ethyl adjacent to an activating group) is 1. The van der Waals surface area contributed by atoms with Crippen molar-refractivity contribution in [3.63, 3.8) is 0 Å². The van der Waals surface area contributed by atoms with Crippen LogP contribution >= 0.6 is 0 Å². The van der Waals surface area contributed by atoms with Crippen LogP contribution in [0.25, 0.3) is 0 Å². The van der Waals surface area contributed by atoms with Crippen LogP contribution < -0.4 is 5.73 Å². The van der Waals surface area contributed by atoms with Crippen LogP contribution in [-0.2, 0) is 23.8 Å². The van der Waals surface area contributed by atoms with Gasteiger partial charge >= 0.3 is 6.09 Å². The zero-order valence-corrected chi connectivity index (χ0v) is 17.8. The van der Waals surface area contributed by atoms with E-state index in [2.05, 4.69) is 6.92 Å². The lowest BCUT2D eigenvalue weighted by Gasteiger charge is -2.39. The van der Waals surface area contributed by atoms with Crippen molar-refractivity contribution in [1.82, 2.24) is 9.80 Å². The van der Waals surface area contributed by atoms with E-state index in [0.717, 1.165) is 19.3 Å². The average Bonchev–Trinajstić information content (AvgIpc) is 3.05. The van der Waals surface area contributed by atoms with E-state index in [9.17, 15) is 19.5 Å². The molecular formula is C21H29N3O7. The quantitative estimate of drug-likeness (QED) is 0.428. The fourth-order valence-corrected chi connectivity index (χ4v) is 6.16. The Morgan fingerprint density at radius 1 is 1.26 bits per heavy atom. The molecule has 1 amide bonds. The summed E-state index contributed by atoms with van der Waals surface area (Å²) >= 11 is 0. The molecule has 3 N–H and O–H groups in total. The highest BCUT2D eigenvalue weighted by Crippen LogP contribution is 2.59. The van der Waals surface area contributed by atoms with Gasteiger partial charge < -0.3 is 30.0 Å². The van der Waals surface area contributed by atoms with E-state index in [0.29, 0.717) is 13.0 Å². The third-order valence-corrected chi connectivity index (χ3v) is 7.63. The van der Waals surface area contributed by atoms with E-state index in [1.807, 2.05) is 11.9 Å². The molecule has 10 heteroatoms. The summed E-state index contributed by atoms with van der Waals surface area (Å²) < 4.78 is 16.7. The highest BCUT2D eigenvalue weighted by molar-refractivity contribution is 6.17. The van der Waals surface area contributed by atoms with E-state index < -0.39 is 35.2 Å². The smallest absolute Gasteiger partial charge is 0.404 e. The molecule has 31 heavy (non-hydrogen) atoms. The number of amides is 1. The molecule has 0 radical (unpaired) electrons. The Morgan fingerprint density at radius 3 is 2.61 bits per heavy atom. The monoisotopic (exact) mass is 435 g/mol. The van der Waals surface area contributed by atoms with Crippen molar-refractivity contribution >= 4 is 17.7 Å². The molecule has 0 bridgehead atoms. The molecule has 6 atom stereocenters. The summed E-state index contributed by atoms with van der Waals surface area (Å²) in [6, 6.07) is -0.188. The van der Waals surface area contributed by atoms with E-state index in [4.69, 9.17) is 19.9 Å². The molecule has 2 unspecified atom stereocenters. The number of carbonyl (C=O) groups is 3. The molecule has 1 aliphatic carbocycles. The molecule has 1 spiro atoms. The second-order valence-electron chi connectivity index (χ2n) is 9.12. The molecule has 0 saturated carbocycles. The van der Waals surface area contributed by atoms with Gasteiger partial charge in [0.15, 0.2) is 11.5 Å². The van der Waals surface area contributed by atoms with Crippen LogP contribution in [0.15, 0.2) is 11.3 Å². The second-order valence-corrected chi connectivity index (χ2v) is 9.12. The number of fused-ring (bicyclic) bond motifs is 4. The van der Waals surface area contributed by atoms with Gasteiger partial charge in [0.25, 0.3) is 0 Å². The number of nitrogens with two attached hydrogens (primary N) is 1. The Morgan fingerprint density at radius 2 is 1.97 bits per heavy atom. The van der Waals surface area contributed by atoms with Gasteiger partial charge in [-0.2, -0.15) is 0 Å². The van der Waals surface area contributed by atoms with Crippen molar-refractivity contribution in [1.29, 1.82) is 0 Å². The number of rotatable bonds is 6. The van der Waals surface area contributed by atoms with Gasteiger partial charge in [-0.3, -0.25) is 14.5 Å². The normalized spacial score (nSPS) is 39.7. The highest BCUT2D eigenvalue weighted by Gasteiger charge is 2.76. The maximum atomic E-state index is 13.9. The fraction of sp³-hybridized carbons (Fsp3) is 0.762. The van der Waals surface area contributed by atoms with Gasteiger partial charge in [-0.1, -0.05) is 26.2 Å². The maximum absolute atomic E-state index is 13.9. The minimum Gasteiger partial charge on any atom is -0.449 e. The molecule has 3 fully saturated rings. The van der Waals surface area contributed by atoms with Crippen LogP contribution in [0.3, 0.4) is 0 Å². The second kappa shape index (κ2) is 6.99. The van der Waals surface area contributed by atoms with Crippen LogP contribution in [-0.4, -0.2) is 89.6 Å². The Hall–Kier alpha value is -2.01. The zero-order valence-electron chi connectivity index (χ0n) is 17.8. The molecule has 5 rings (SSSR count). The number of aliphatic hydroxyl groups is 1. The van der Waals surface area contributed by atoms with Gasteiger partial charge in [0.1, 0.15) is 6.61 Å². The molecule has 10 nitrogen and oxygen atoms in total. The number of hydrogen-bond donors (Lipinski definition) is 2. The lowest BCUT2D eigenvalue weighted by atomic mass is 9.73. The molecule has 3 saturated heterocycles. The number of primary amides is 1. The number of piperazine rings is 1. The molecule has 4 heterocycles. The number of allylic oxidation sites excluding steroid dienone is 1. The number of Topliss-reactive ketones (excluding diaryl/α,β-unsaturated/α-hetero) is 2. The van der Waals surface area contributed by atoms with Crippen LogP contribution in [0.4, 0.5) is 4.79 Å². The number of nitrogens with zero attached hydrogens (tertiary/aromatic N) is 2. The van der Waals surface area contributed by atoms with E-state index in [-0.39, 0.29) is 49.0 Å². The SMILES string of the molecule is CCCCCC1C(=O)C2=C(C(=O)C13OCCO3)[C@H](COC(N)=O)[C@@]1(O)[C@@H]3[C@H](CN21)N3C. The third-order valence-electron chi connectivity index (χ3n) is 7.63. The Kier molecular flexibility index (Phi) is 4.71. The van der Waals surface area contributed by atoms with Gasteiger partial charge in [0.2, 0.25) is 11.6 Å². The standard InChI is InChI=1S/C21H29N3O7/c1-3-4-5-6-11-16(25)15-14(18(26)21(11)30-7-8-31-21)12(10-29-19(22)27)20(28)17-13(23(17)2)9-24(15)20/h11-13,17,28H,3-10H2,1-2H3,(H2,22,27)/t11?,12-,13-,17-,20+,23?/m0/s1. The van der Waals surface area contributed by atoms with Crippen molar-refractivity contribution in [3.05, 3.63) is 11.3 Å². The Balaban J connectivity index is 1.58. The van der Waals surface area contributed by atoms with Gasteiger partial charge in [0.05, 0.1) is 36.8 Å². The Labute approximate surface area is 180 Å². The van der Waals surface area contributed by atoms with Crippen LogP contribution in [0.2, 0.25) is 0 Å². The Bertz CT molecular complexity index is 867. The number of ketones is 2. The number of hydrogen-bond acceptors (Lipinski definition) is 9. The van der Waals surface area contributed by atoms with Crippen molar-refractivity contribution < 1.29 is 33.7 Å². The lowest BCUT2D eigenvalue weighted by Crippen LogP contribution is -2.55. The largest absolute Gasteiger partial charge is 0.449 e. The van der Waals surface area contributed by atoms with Crippen LogP contribution in [0.1, 0.15) is 32.6 Å². The molecule has 0 aromatic rings. The molecule has 0 aromatic carbocycles. The molecule has 4 aliphatic heterocycles. The van der Waals surface area contributed by atoms with Gasteiger partial charge in [-0.05, 0) is 13.5 Å². The lowest BCUT2D eigenvalue weighted by molar-refractivity contribution is -0.201. The van der Waals surface area contributed by atoms with Crippen molar-refractivity contribution in [2.75, 3.05) is 33.4 Å². The average molecular weight is 435 g/mol. The number of unbranched alkanes of at least 4 members (excludes halogenated alkanes) is 2. The zero-order chi connectivity index (χ0) is 22.1. The summed E-state index contributed by atoms with van der Waals surface area (Å²) in [4.78, 5) is 42.7. The summed E-state index contributed by atoms with van der Waals surface area (Å²) in [5.74, 6) is -4.02.